The van der Waals surface area contributed by atoms with Crippen LogP contribution in [0, 0.1) is 16.4 Å². The first-order chi connectivity index (χ1) is 14.4. The molecule has 3 aromatic rings. The summed E-state index contributed by atoms with van der Waals surface area (Å²) >= 11 is 5.29. The molecule has 0 radical (unpaired) electrons. The van der Waals surface area contributed by atoms with E-state index in [-0.39, 0.29) is 23.5 Å². The third-order valence-electron chi connectivity index (χ3n) is 4.98. The average molecular weight is 432 g/mol. The molecule has 2 aromatic carbocycles. The molecular weight excluding hydrogens is 408 g/mol. The predicted octanol–water partition coefficient (Wildman–Crippen LogP) is 4.78. The molecule has 1 atom stereocenters. The second-order valence-corrected chi connectivity index (χ2v) is 7.58. The molecule has 3 rings (SSSR count). The molecule has 0 aliphatic heterocycles. The van der Waals surface area contributed by atoms with Crippen LogP contribution in [0.2, 0.25) is 0 Å². The van der Waals surface area contributed by atoms with Crippen LogP contribution in [0.1, 0.15) is 44.2 Å². The Morgan fingerprint density at radius 2 is 1.93 bits per heavy atom. The van der Waals surface area contributed by atoms with Crippen LogP contribution >= 0.6 is 12.2 Å². The summed E-state index contributed by atoms with van der Waals surface area (Å²) in [6, 6.07) is 9.77. The molecule has 0 bridgehead atoms. The molecule has 0 aliphatic rings. The maximum absolute atomic E-state index is 13.8. The fourth-order valence-electron chi connectivity index (χ4n) is 3.37. The molecule has 5 nitrogen and oxygen atoms in total. The molecule has 1 heterocycles. The Kier molecular flexibility index (Phi) is 7.10. The number of carbonyl (C=O) groups is 1. The van der Waals surface area contributed by atoms with Crippen molar-refractivity contribution in [3.05, 3.63) is 74.8 Å². The second kappa shape index (κ2) is 9.75. The summed E-state index contributed by atoms with van der Waals surface area (Å²) in [6.07, 6.45) is 2.30. The van der Waals surface area contributed by atoms with Crippen LogP contribution in [-0.2, 0) is 11.3 Å². The van der Waals surface area contributed by atoms with Gasteiger partial charge in [0.25, 0.3) is 5.56 Å². The van der Waals surface area contributed by atoms with Crippen LogP contribution in [0.25, 0.3) is 10.9 Å². The Bertz CT molecular complexity index is 1170. The number of fused-ring (bicyclic) bond motifs is 1. The van der Waals surface area contributed by atoms with Gasteiger partial charge in [-0.1, -0.05) is 18.6 Å². The van der Waals surface area contributed by atoms with Crippen molar-refractivity contribution in [2.45, 2.75) is 45.2 Å². The van der Waals surface area contributed by atoms with E-state index in [4.69, 9.17) is 12.2 Å². The Labute approximate surface area is 177 Å². The van der Waals surface area contributed by atoms with Crippen LogP contribution in [0.3, 0.4) is 0 Å². The van der Waals surface area contributed by atoms with Gasteiger partial charge in [0.1, 0.15) is 11.6 Å². The van der Waals surface area contributed by atoms with Crippen LogP contribution in [-0.4, -0.2) is 15.5 Å². The maximum Gasteiger partial charge on any atom is 0.262 e. The highest BCUT2D eigenvalue weighted by Crippen LogP contribution is 2.18. The van der Waals surface area contributed by atoms with E-state index in [2.05, 4.69) is 10.3 Å². The molecule has 2 N–H and O–H groups in total. The minimum Gasteiger partial charge on any atom is -0.349 e. The summed E-state index contributed by atoms with van der Waals surface area (Å²) < 4.78 is 29.0. The third kappa shape index (κ3) is 5.18. The summed E-state index contributed by atoms with van der Waals surface area (Å²) in [7, 11) is 0. The van der Waals surface area contributed by atoms with Gasteiger partial charge in [-0.05, 0) is 62.3 Å². The van der Waals surface area contributed by atoms with E-state index in [9.17, 15) is 18.4 Å². The van der Waals surface area contributed by atoms with E-state index in [0.717, 1.165) is 24.6 Å². The zero-order valence-electron chi connectivity index (χ0n) is 16.6. The van der Waals surface area contributed by atoms with Crippen molar-refractivity contribution < 1.29 is 13.6 Å². The number of halogens is 2. The number of benzene rings is 2. The SMILES string of the molecule is CC(NC(=O)CCCCCn1c(=S)[nH]c2ccccc2c1=O)c1cc(F)ccc1F. The number of amides is 1. The summed E-state index contributed by atoms with van der Waals surface area (Å²) in [6.45, 7) is 2.08. The van der Waals surface area contributed by atoms with Gasteiger partial charge in [-0.25, -0.2) is 8.78 Å². The molecule has 0 saturated heterocycles. The molecule has 0 spiro atoms. The highest BCUT2D eigenvalue weighted by molar-refractivity contribution is 7.71. The predicted molar refractivity (Wildman–Crippen MR) is 115 cm³/mol. The fourth-order valence-corrected chi connectivity index (χ4v) is 3.66. The Balaban J connectivity index is 1.48. The molecule has 0 aliphatic carbocycles. The monoisotopic (exact) mass is 431 g/mol. The van der Waals surface area contributed by atoms with Crippen molar-refractivity contribution in [2.75, 3.05) is 0 Å². The van der Waals surface area contributed by atoms with Crippen molar-refractivity contribution in [3.8, 4) is 0 Å². The molecule has 158 valence electrons. The number of nitrogens with zero attached hydrogens (tertiary/aromatic N) is 1. The largest absolute Gasteiger partial charge is 0.349 e. The van der Waals surface area contributed by atoms with E-state index in [1.165, 1.54) is 4.57 Å². The minimum atomic E-state index is -0.623. The van der Waals surface area contributed by atoms with Gasteiger partial charge in [-0.2, -0.15) is 0 Å². The van der Waals surface area contributed by atoms with Crippen molar-refractivity contribution in [2.24, 2.45) is 0 Å². The molecule has 30 heavy (non-hydrogen) atoms. The Morgan fingerprint density at radius 3 is 2.73 bits per heavy atom. The molecule has 8 heteroatoms. The number of rotatable bonds is 8. The summed E-state index contributed by atoms with van der Waals surface area (Å²) in [5.41, 5.74) is 0.704. The molecule has 1 aromatic heterocycles. The van der Waals surface area contributed by atoms with Crippen LogP contribution < -0.4 is 10.9 Å². The van der Waals surface area contributed by atoms with Gasteiger partial charge in [0.05, 0.1) is 16.9 Å². The Morgan fingerprint density at radius 1 is 1.17 bits per heavy atom. The number of para-hydroxylation sites is 1. The highest BCUT2D eigenvalue weighted by Gasteiger charge is 2.14. The van der Waals surface area contributed by atoms with Gasteiger partial charge >= 0.3 is 0 Å². The molecular formula is C22H23F2N3O2S. The topological polar surface area (TPSA) is 66.9 Å². The molecule has 1 unspecified atom stereocenters. The summed E-state index contributed by atoms with van der Waals surface area (Å²) in [5, 5.41) is 3.28. The number of unbranched alkanes of at least 4 members (excludes halogenated alkanes) is 2. The lowest BCUT2D eigenvalue weighted by Crippen LogP contribution is -2.27. The minimum absolute atomic E-state index is 0.119. The number of aromatic nitrogens is 2. The number of hydrogen-bond acceptors (Lipinski definition) is 3. The van der Waals surface area contributed by atoms with Crippen LogP contribution in [0.15, 0.2) is 47.3 Å². The fraction of sp³-hybridized carbons (Fsp3) is 0.318. The number of carbonyl (C=O) groups excluding carboxylic acids is 1. The lowest BCUT2D eigenvalue weighted by Gasteiger charge is -2.15. The summed E-state index contributed by atoms with van der Waals surface area (Å²) in [4.78, 5) is 27.8. The molecule has 0 fully saturated rings. The smallest absolute Gasteiger partial charge is 0.262 e. The number of H-pyrrole nitrogens is 1. The van der Waals surface area contributed by atoms with Gasteiger partial charge in [0.2, 0.25) is 5.91 Å². The lowest BCUT2D eigenvalue weighted by atomic mass is 10.1. The van der Waals surface area contributed by atoms with E-state index >= 15 is 0 Å². The lowest BCUT2D eigenvalue weighted by molar-refractivity contribution is -0.121. The molecule has 1 amide bonds. The molecule has 0 saturated carbocycles. The van der Waals surface area contributed by atoms with Crippen molar-refractivity contribution in [3.63, 3.8) is 0 Å². The van der Waals surface area contributed by atoms with Crippen LogP contribution in [0.5, 0.6) is 0 Å². The van der Waals surface area contributed by atoms with Gasteiger partial charge in [0.15, 0.2) is 4.77 Å². The number of aromatic amines is 1. The third-order valence-corrected chi connectivity index (χ3v) is 5.30. The quantitative estimate of drug-likeness (QED) is 0.399. The number of hydrogen-bond donors (Lipinski definition) is 2. The first-order valence-electron chi connectivity index (χ1n) is 9.83. The van der Waals surface area contributed by atoms with E-state index in [1.807, 2.05) is 12.1 Å². The highest BCUT2D eigenvalue weighted by atomic mass is 32.1. The number of nitrogens with one attached hydrogen (secondary N) is 2. The van der Waals surface area contributed by atoms with E-state index < -0.39 is 17.7 Å². The average Bonchev–Trinajstić information content (AvgIpc) is 2.71. The van der Waals surface area contributed by atoms with Crippen molar-refractivity contribution >= 4 is 29.0 Å². The van der Waals surface area contributed by atoms with Gasteiger partial charge in [-0.3, -0.25) is 14.2 Å². The maximum atomic E-state index is 13.8. The standard InChI is InChI=1S/C22H23F2N3O2S/c1-14(17-13-15(23)10-11-18(17)24)25-20(28)9-3-2-6-12-27-21(29)16-7-4-5-8-19(16)26-22(27)30/h4-5,7-8,10-11,13-14H,2-3,6,9,12H2,1H3,(H,25,28)(H,26,30). The second-order valence-electron chi connectivity index (χ2n) is 7.20. The zero-order valence-corrected chi connectivity index (χ0v) is 17.4. The van der Waals surface area contributed by atoms with Crippen molar-refractivity contribution in [1.82, 2.24) is 14.9 Å². The normalized spacial score (nSPS) is 12.1. The van der Waals surface area contributed by atoms with Gasteiger partial charge < -0.3 is 10.3 Å². The zero-order chi connectivity index (χ0) is 21.7. The summed E-state index contributed by atoms with van der Waals surface area (Å²) in [5.74, 6) is -1.33. The van der Waals surface area contributed by atoms with Crippen molar-refractivity contribution in [1.29, 1.82) is 0 Å². The van der Waals surface area contributed by atoms with E-state index in [0.29, 0.717) is 35.1 Å². The van der Waals surface area contributed by atoms with E-state index in [1.54, 1.807) is 19.1 Å². The first-order valence-corrected chi connectivity index (χ1v) is 10.2. The Hall–Kier alpha value is -2.87. The first kappa shape index (κ1) is 21.8. The van der Waals surface area contributed by atoms with Gasteiger partial charge in [-0.15, -0.1) is 0 Å². The van der Waals surface area contributed by atoms with Crippen LogP contribution in [0.4, 0.5) is 8.78 Å². The van der Waals surface area contributed by atoms with Gasteiger partial charge in [0, 0.05) is 18.5 Å².